The minimum atomic E-state index is -0.325. The summed E-state index contributed by atoms with van der Waals surface area (Å²) in [5.74, 6) is -0.182. The molecule has 1 N–H and O–H groups in total. The van der Waals surface area contributed by atoms with Crippen LogP contribution in [0.4, 0.5) is 4.39 Å². The molecule has 0 aromatic carbocycles. The summed E-state index contributed by atoms with van der Waals surface area (Å²) in [6.07, 6.45) is 3.80. The molecule has 44 valence electrons. The van der Waals surface area contributed by atoms with Crippen LogP contribution in [0.3, 0.4) is 0 Å². The van der Waals surface area contributed by atoms with Crippen LogP contribution in [0.25, 0.3) is 0 Å². The molecule has 1 rings (SSSR count). The molecule has 0 saturated carbocycles. The highest BCUT2D eigenvalue weighted by atomic mass is 19.1. The van der Waals surface area contributed by atoms with Crippen LogP contribution in [-0.4, -0.2) is 5.11 Å². The number of hydrogen-bond donors (Lipinski definition) is 1. The van der Waals surface area contributed by atoms with Gasteiger partial charge in [-0.25, -0.2) is 4.39 Å². The van der Waals surface area contributed by atoms with Gasteiger partial charge in [0.1, 0.15) is 5.83 Å². The van der Waals surface area contributed by atoms with E-state index < -0.39 is 0 Å². The highest BCUT2D eigenvalue weighted by Gasteiger charge is 2.00. The van der Waals surface area contributed by atoms with E-state index in [9.17, 15) is 4.39 Å². The Morgan fingerprint density at radius 2 is 2.38 bits per heavy atom. The number of halogens is 1. The second-order valence-electron chi connectivity index (χ2n) is 1.76. The van der Waals surface area contributed by atoms with E-state index in [-0.39, 0.29) is 11.6 Å². The Hall–Kier alpha value is -0.790. The third kappa shape index (κ3) is 1.09. The fraction of sp³-hybridized carbons (Fsp3) is 0.333. The molecule has 1 aliphatic rings. The lowest BCUT2D eigenvalue weighted by Gasteiger charge is -2.00. The summed E-state index contributed by atoms with van der Waals surface area (Å²) >= 11 is 0. The molecule has 0 bridgehead atoms. The van der Waals surface area contributed by atoms with Gasteiger partial charge in [0, 0.05) is 12.5 Å². The van der Waals surface area contributed by atoms with Gasteiger partial charge in [0.05, 0.1) is 5.76 Å². The normalized spacial score (nSPS) is 19.6. The summed E-state index contributed by atoms with van der Waals surface area (Å²) in [6, 6.07) is 0. The van der Waals surface area contributed by atoms with Gasteiger partial charge in [-0.05, 0) is 12.5 Å². The average molecular weight is 114 g/mol. The van der Waals surface area contributed by atoms with E-state index in [4.69, 9.17) is 5.11 Å². The van der Waals surface area contributed by atoms with Crippen LogP contribution in [-0.2, 0) is 0 Å². The van der Waals surface area contributed by atoms with Crippen LogP contribution in [0, 0.1) is 0 Å². The van der Waals surface area contributed by atoms with Crippen molar-refractivity contribution in [1.29, 1.82) is 0 Å². The lowest BCUT2D eigenvalue weighted by atomic mass is 10.1. The Bertz CT molecular complexity index is 147. The van der Waals surface area contributed by atoms with E-state index in [1.165, 1.54) is 6.08 Å². The van der Waals surface area contributed by atoms with E-state index >= 15 is 0 Å². The standard InChI is InChI=1S/C6H7FO/c7-5-2-1-3-6(8)4-5/h2,4,8H,1,3H2. The summed E-state index contributed by atoms with van der Waals surface area (Å²) < 4.78 is 12.1. The summed E-state index contributed by atoms with van der Waals surface area (Å²) in [5, 5.41) is 8.66. The zero-order valence-electron chi connectivity index (χ0n) is 4.39. The molecule has 0 heterocycles. The number of aliphatic hydroxyl groups is 1. The minimum Gasteiger partial charge on any atom is -0.512 e. The summed E-state index contributed by atoms with van der Waals surface area (Å²) in [7, 11) is 0. The predicted molar refractivity (Wildman–Crippen MR) is 29.1 cm³/mol. The quantitative estimate of drug-likeness (QED) is 0.511. The highest BCUT2D eigenvalue weighted by Crippen LogP contribution is 2.14. The molecule has 1 aliphatic carbocycles. The summed E-state index contributed by atoms with van der Waals surface area (Å²) in [6.45, 7) is 0. The zero-order valence-corrected chi connectivity index (χ0v) is 4.39. The molecule has 8 heavy (non-hydrogen) atoms. The fourth-order valence-electron chi connectivity index (χ4n) is 0.648. The Labute approximate surface area is 47.1 Å². The van der Waals surface area contributed by atoms with Crippen LogP contribution in [0.15, 0.2) is 23.7 Å². The van der Waals surface area contributed by atoms with Crippen molar-refractivity contribution in [3.8, 4) is 0 Å². The molecule has 0 aliphatic heterocycles. The van der Waals surface area contributed by atoms with Gasteiger partial charge in [0.2, 0.25) is 0 Å². The minimum absolute atomic E-state index is 0.144. The smallest absolute Gasteiger partial charge is 0.122 e. The molecular formula is C6H7FO. The van der Waals surface area contributed by atoms with Crippen molar-refractivity contribution in [3.63, 3.8) is 0 Å². The zero-order chi connectivity index (χ0) is 5.98. The molecule has 0 radical (unpaired) electrons. The largest absolute Gasteiger partial charge is 0.512 e. The highest BCUT2D eigenvalue weighted by molar-refractivity contribution is 5.18. The Kier molecular flexibility index (Phi) is 1.33. The third-order valence-corrected chi connectivity index (χ3v) is 1.04. The summed E-state index contributed by atoms with van der Waals surface area (Å²) in [4.78, 5) is 0. The molecule has 1 nitrogen and oxygen atoms in total. The van der Waals surface area contributed by atoms with Gasteiger partial charge < -0.3 is 5.11 Å². The van der Waals surface area contributed by atoms with Crippen LogP contribution in [0.2, 0.25) is 0 Å². The molecule has 0 aromatic rings. The van der Waals surface area contributed by atoms with Crippen molar-refractivity contribution in [2.24, 2.45) is 0 Å². The number of allylic oxidation sites excluding steroid dienone is 4. The van der Waals surface area contributed by atoms with Crippen LogP contribution < -0.4 is 0 Å². The maximum atomic E-state index is 12.1. The van der Waals surface area contributed by atoms with Crippen molar-refractivity contribution >= 4 is 0 Å². The maximum Gasteiger partial charge on any atom is 0.122 e. The van der Waals surface area contributed by atoms with Gasteiger partial charge in [-0.1, -0.05) is 0 Å². The van der Waals surface area contributed by atoms with Crippen molar-refractivity contribution in [2.45, 2.75) is 12.8 Å². The summed E-state index contributed by atoms with van der Waals surface area (Å²) in [5.41, 5.74) is 0. The van der Waals surface area contributed by atoms with Crippen molar-refractivity contribution < 1.29 is 9.50 Å². The first kappa shape index (κ1) is 5.35. The van der Waals surface area contributed by atoms with Crippen molar-refractivity contribution in [3.05, 3.63) is 23.7 Å². The molecule has 0 atom stereocenters. The van der Waals surface area contributed by atoms with E-state index in [1.54, 1.807) is 0 Å². The molecule has 0 saturated heterocycles. The molecular weight excluding hydrogens is 107 g/mol. The van der Waals surface area contributed by atoms with E-state index in [2.05, 4.69) is 0 Å². The monoisotopic (exact) mass is 114 g/mol. The van der Waals surface area contributed by atoms with Gasteiger partial charge in [0.15, 0.2) is 0 Å². The van der Waals surface area contributed by atoms with Gasteiger partial charge in [0.25, 0.3) is 0 Å². The first-order valence-electron chi connectivity index (χ1n) is 2.54. The topological polar surface area (TPSA) is 20.2 Å². The lowest BCUT2D eigenvalue weighted by molar-refractivity contribution is 0.382. The second-order valence-corrected chi connectivity index (χ2v) is 1.76. The Morgan fingerprint density at radius 3 is 2.75 bits per heavy atom. The van der Waals surface area contributed by atoms with Gasteiger partial charge in [-0.2, -0.15) is 0 Å². The first-order chi connectivity index (χ1) is 3.79. The third-order valence-electron chi connectivity index (χ3n) is 1.04. The molecule has 0 fully saturated rings. The maximum absolute atomic E-state index is 12.1. The molecule has 0 spiro atoms. The first-order valence-corrected chi connectivity index (χ1v) is 2.54. The van der Waals surface area contributed by atoms with E-state index in [0.717, 1.165) is 6.08 Å². The SMILES string of the molecule is OC1=CC(F)=CCC1. The number of rotatable bonds is 0. The Morgan fingerprint density at radius 1 is 1.62 bits per heavy atom. The molecule has 0 aromatic heterocycles. The van der Waals surface area contributed by atoms with E-state index in [1.807, 2.05) is 0 Å². The molecule has 2 heteroatoms. The van der Waals surface area contributed by atoms with Crippen LogP contribution in [0.5, 0.6) is 0 Å². The molecule has 0 unspecified atom stereocenters. The number of aliphatic hydroxyl groups excluding tert-OH is 1. The second kappa shape index (κ2) is 1.99. The molecule has 0 amide bonds. The predicted octanol–water partition coefficient (Wildman–Crippen LogP) is 2.08. The van der Waals surface area contributed by atoms with Crippen molar-refractivity contribution in [1.82, 2.24) is 0 Å². The number of hydrogen-bond acceptors (Lipinski definition) is 1. The Balaban J connectivity index is 2.69. The van der Waals surface area contributed by atoms with Crippen LogP contribution in [0.1, 0.15) is 12.8 Å². The van der Waals surface area contributed by atoms with Gasteiger partial charge in [-0.3, -0.25) is 0 Å². The van der Waals surface area contributed by atoms with Gasteiger partial charge in [-0.15, -0.1) is 0 Å². The lowest BCUT2D eigenvalue weighted by Crippen LogP contribution is -1.86. The fourth-order valence-corrected chi connectivity index (χ4v) is 0.648. The average Bonchev–Trinajstić information content (AvgIpc) is 1.64. The van der Waals surface area contributed by atoms with E-state index in [0.29, 0.717) is 12.8 Å². The van der Waals surface area contributed by atoms with Crippen molar-refractivity contribution in [2.75, 3.05) is 0 Å². The van der Waals surface area contributed by atoms with Crippen LogP contribution >= 0.6 is 0 Å². The van der Waals surface area contributed by atoms with Gasteiger partial charge >= 0.3 is 0 Å².